The van der Waals surface area contributed by atoms with Crippen molar-refractivity contribution in [1.29, 1.82) is 0 Å². The van der Waals surface area contributed by atoms with Gasteiger partial charge in [0.25, 0.3) is 0 Å². The van der Waals surface area contributed by atoms with Crippen LogP contribution in [0.15, 0.2) is 16.7 Å². The van der Waals surface area contributed by atoms with Crippen molar-refractivity contribution in [3.63, 3.8) is 0 Å². The normalized spacial score (nSPS) is 22.5. The lowest BCUT2D eigenvalue weighted by Gasteiger charge is -2.25. The molecule has 0 radical (unpaired) electrons. The monoisotopic (exact) mass is 418 g/mol. The van der Waals surface area contributed by atoms with Crippen LogP contribution in [0.3, 0.4) is 0 Å². The predicted molar refractivity (Wildman–Crippen MR) is 92.9 cm³/mol. The largest absolute Gasteiger partial charge is 0.393 e. The molecule has 3 rings (SSSR count). The Kier molecular flexibility index (Phi) is 5.85. The third kappa shape index (κ3) is 4.45. The van der Waals surface area contributed by atoms with Gasteiger partial charge in [0.1, 0.15) is 0 Å². The van der Waals surface area contributed by atoms with Crippen LogP contribution >= 0.6 is 15.9 Å². The van der Waals surface area contributed by atoms with E-state index >= 15 is 0 Å². The van der Waals surface area contributed by atoms with Gasteiger partial charge in [-0.05, 0) is 54.6 Å². The van der Waals surface area contributed by atoms with E-state index in [2.05, 4.69) is 36.1 Å². The van der Waals surface area contributed by atoms with E-state index in [-0.39, 0.29) is 18.8 Å². The van der Waals surface area contributed by atoms with Gasteiger partial charge < -0.3 is 15.2 Å². The Labute approximate surface area is 152 Å². The molecule has 0 spiro atoms. The van der Waals surface area contributed by atoms with E-state index in [1.807, 2.05) is 10.6 Å². The molecule has 1 aliphatic carbocycles. The SMILES string of the molecule is C[C@@H](COC(F)F)Nc1ncc2c(Br)cc(C3CCC(O)CC3)n2n1. The molecule has 0 unspecified atom stereocenters. The van der Waals surface area contributed by atoms with Crippen molar-refractivity contribution in [2.75, 3.05) is 11.9 Å². The van der Waals surface area contributed by atoms with Crippen LogP contribution in [0.4, 0.5) is 14.7 Å². The van der Waals surface area contributed by atoms with Crippen LogP contribution in [-0.2, 0) is 4.74 Å². The molecular formula is C16H21BrF2N4O2. The molecule has 6 nitrogen and oxygen atoms in total. The van der Waals surface area contributed by atoms with Gasteiger partial charge in [-0.3, -0.25) is 0 Å². The first-order valence-electron chi connectivity index (χ1n) is 8.32. The molecule has 0 bridgehead atoms. The third-order valence-electron chi connectivity index (χ3n) is 4.46. The topological polar surface area (TPSA) is 71.7 Å². The van der Waals surface area contributed by atoms with E-state index in [1.54, 1.807) is 13.1 Å². The maximum atomic E-state index is 12.1. The quantitative estimate of drug-likeness (QED) is 0.750. The van der Waals surface area contributed by atoms with Crippen molar-refractivity contribution in [2.24, 2.45) is 0 Å². The third-order valence-corrected chi connectivity index (χ3v) is 5.09. The van der Waals surface area contributed by atoms with Gasteiger partial charge in [0, 0.05) is 22.1 Å². The van der Waals surface area contributed by atoms with Gasteiger partial charge in [-0.1, -0.05) is 0 Å². The number of halogens is 3. The summed E-state index contributed by atoms with van der Waals surface area (Å²) in [6.07, 6.45) is 4.87. The van der Waals surface area contributed by atoms with Crippen molar-refractivity contribution in [3.8, 4) is 0 Å². The zero-order valence-corrected chi connectivity index (χ0v) is 15.4. The summed E-state index contributed by atoms with van der Waals surface area (Å²) in [5.74, 6) is 0.683. The van der Waals surface area contributed by atoms with E-state index in [0.717, 1.165) is 41.4 Å². The molecule has 0 amide bonds. The first-order valence-corrected chi connectivity index (χ1v) is 9.12. The number of fused-ring (bicyclic) bond motifs is 1. The number of nitrogens with zero attached hydrogens (tertiary/aromatic N) is 3. The molecule has 0 aromatic carbocycles. The minimum atomic E-state index is -2.79. The van der Waals surface area contributed by atoms with Crippen LogP contribution in [0.2, 0.25) is 0 Å². The molecule has 0 saturated heterocycles. The maximum Gasteiger partial charge on any atom is 0.345 e. The second-order valence-corrected chi connectivity index (χ2v) is 7.30. The van der Waals surface area contributed by atoms with Crippen molar-refractivity contribution in [1.82, 2.24) is 14.6 Å². The van der Waals surface area contributed by atoms with Crippen LogP contribution < -0.4 is 5.32 Å². The number of aliphatic hydroxyl groups excluding tert-OH is 1. The predicted octanol–water partition coefficient (Wildman–Crippen LogP) is 3.55. The Morgan fingerprint density at radius 1 is 1.40 bits per heavy atom. The molecule has 0 aliphatic heterocycles. The number of hydrogen-bond donors (Lipinski definition) is 2. The van der Waals surface area contributed by atoms with Crippen LogP contribution in [0.5, 0.6) is 0 Å². The van der Waals surface area contributed by atoms with Gasteiger partial charge in [0.2, 0.25) is 5.95 Å². The molecule has 2 N–H and O–H groups in total. The Hall–Kier alpha value is -1.32. The summed E-state index contributed by atoms with van der Waals surface area (Å²) in [5.41, 5.74) is 1.92. The van der Waals surface area contributed by atoms with Gasteiger partial charge in [0.15, 0.2) is 0 Å². The minimum Gasteiger partial charge on any atom is -0.393 e. The van der Waals surface area contributed by atoms with Gasteiger partial charge in [-0.2, -0.15) is 8.78 Å². The maximum absolute atomic E-state index is 12.1. The molecule has 1 atom stereocenters. The minimum absolute atomic E-state index is 0.137. The van der Waals surface area contributed by atoms with E-state index in [9.17, 15) is 13.9 Å². The van der Waals surface area contributed by atoms with Crippen molar-refractivity contribution >= 4 is 27.4 Å². The standard InChI is InChI=1S/C16H21BrF2N4O2/c1-9(8-25-15(18)19)21-16-20-7-14-12(17)6-13(23(14)22-16)10-2-4-11(24)5-3-10/h6-7,9-11,15,24H,2-5,8H2,1H3,(H,21,22)/t9-,10?,11?/m0/s1. The van der Waals surface area contributed by atoms with Gasteiger partial charge >= 0.3 is 6.61 Å². The molecule has 138 valence electrons. The lowest BCUT2D eigenvalue weighted by molar-refractivity contribution is -0.130. The van der Waals surface area contributed by atoms with E-state index in [1.165, 1.54) is 0 Å². The summed E-state index contributed by atoms with van der Waals surface area (Å²) in [4.78, 5) is 4.25. The smallest absolute Gasteiger partial charge is 0.345 e. The summed E-state index contributed by atoms with van der Waals surface area (Å²) in [6.45, 7) is -1.20. The van der Waals surface area contributed by atoms with Gasteiger partial charge in [-0.25, -0.2) is 9.50 Å². The lowest BCUT2D eigenvalue weighted by atomic mass is 9.85. The summed E-state index contributed by atoms with van der Waals surface area (Å²) in [5, 5.41) is 17.2. The molecule has 1 fully saturated rings. The van der Waals surface area contributed by atoms with E-state index in [0.29, 0.717) is 11.9 Å². The first-order chi connectivity index (χ1) is 11.9. The highest BCUT2D eigenvalue weighted by Gasteiger charge is 2.24. The summed E-state index contributed by atoms with van der Waals surface area (Å²) >= 11 is 3.54. The van der Waals surface area contributed by atoms with Gasteiger partial charge in [0.05, 0.1) is 24.4 Å². The number of anilines is 1. The Morgan fingerprint density at radius 3 is 2.80 bits per heavy atom. The van der Waals surface area contributed by atoms with Crippen molar-refractivity contribution in [2.45, 2.75) is 57.3 Å². The molecule has 25 heavy (non-hydrogen) atoms. The first kappa shape index (κ1) is 18.5. The number of ether oxygens (including phenoxy) is 1. The zero-order valence-electron chi connectivity index (χ0n) is 13.8. The second kappa shape index (κ2) is 7.92. The summed E-state index contributed by atoms with van der Waals surface area (Å²) in [7, 11) is 0. The Bertz CT molecular complexity index is 719. The van der Waals surface area contributed by atoms with Gasteiger partial charge in [-0.15, -0.1) is 5.10 Å². The number of hydrogen-bond acceptors (Lipinski definition) is 5. The molecule has 9 heteroatoms. The Balaban J connectivity index is 1.80. The molecule has 2 aromatic rings. The average molecular weight is 419 g/mol. The fraction of sp³-hybridized carbons (Fsp3) is 0.625. The van der Waals surface area contributed by atoms with E-state index < -0.39 is 6.61 Å². The average Bonchev–Trinajstić information content (AvgIpc) is 2.90. The molecule has 2 heterocycles. The number of nitrogens with one attached hydrogen (secondary N) is 1. The highest BCUT2D eigenvalue weighted by molar-refractivity contribution is 9.10. The fourth-order valence-electron chi connectivity index (χ4n) is 3.18. The van der Waals surface area contributed by atoms with Crippen LogP contribution in [-0.4, -0.2) is 45.1 Å². The highest BCUT2D eigenvalue weighted by atomic mass is 79.9. The van der Waals surface area contributed by atoms with Crippen LogP contribution in [0.1, 0.15) is 44.2 Å². The summed E-state index contributed by atoms with van der Waals surface area (Å²) < 4.78 is 31.3. The lowest BCUT2D eigenvalue weighted by Crippen LogP contribution is -2.25. The van der Waals surface area contributed by atoms with Crippen molar-refractivity contribution in [3.05, 3.63) is 22.4 Å². The van der Waals surface area contributed by atoms with Crippen LogP contribution in [0.25, 0.3) is 5.52 Å². The number of rotatable bonds is 6. The zero-order chi connectivity index (χ0) is 18.0. The van der Waals surface area contributed by atoms with Crippen LogP contribution in [0, 0.1) is 0 Å². The Morgan fingerprint density at radius 2 is 2.12 bits per heavy atom. The number of alkyl halides is 2. The fourth-order valence-corrected chi connectivity index (χ4v) is 3.69. The molecule has 2 aromatic heterocycles. The second-order valence-electron chi connectivity index (χ2n) is 6.44. The van der Waals surface area contributed by atoms with Crippen molar-refractivity contribution < 1.29 is 18.6 Å². The number of aliphatic hydroxyl groups is 1. The molecule has 1 saturated carbocycles. The highest BCUT2D eigenvalue weighted by Crippen LogP contribution is 2.36. The number of aromatic nitrogens is 3. The van der Waals surface area contributed by atoms with E-state index in [4.69, 9.17) is 0 Å². The summed E-state index contributed by atoms with van der Waals surface area (Å²) in [6, 6.07) is 1.69. The molecule has 1 aliphatic rings. The molecular weight excluding hydrogens is 398 g/mol.